The van der Waals surface area contributed by atoms with E-state index >= 15 is 0 Å². The minimum Gasteiger partial charge on any atom is -0.481 e. The zero-order valence-corrected chi connectivity index (χ0v) is 12.8. The highest BCUT2D eigenvalue weighted by Crippen LogP contribution is 2.32. The number of hydrogen-bond donors (Lipinski definition) is 2. The monoisotopic (exact) mass is 319 g/mol. The predicted molar refractivity (Wildman–Crippen MR) is 75.9 cm³/mol. The van der Waals surface area contributed by atoms with Gasteiger partial charge in [-0.3, -0.25) is 9.59 Å². The molecule has 0 aliphatic heterocycles. The standard InChI is InChI=1S/C12H15Cl2N3O3/c1-6(2)12(3,11(19)20)4-7(18)17-10-8(13)9(14)15-5-16-10/h5-6H,4H2,1-3H3,(H,19,20)(H,15,16,17,18). The fourth-order valence-electron chi connectivity index (χ4n) is 1.47. The zero-order chi connectivity index (χ0) is 15.5. The molecule has 1 amide bonds. The van der Waals surface area contributed by atoms with Gasteiger partial charge < -0.3 is 10.4 Å². The lowest BCUT2D eigenvalue weighted by atomic mass is 9.76. The third-order valence-electron chi connectivity index (χ3n) is 3.30. The molecule has 0 aliphatic rings. The minimum atomic E-state index is -1.17. The van der Waals surface area contributed by atoms with Crippen LogP contribution in [0.25, 0.3) is 0 Å². The third-order valence-corrected chi connectivity index (χ3v) is 4.04. The normalized spacial score (nSPS) is 13.9. The summed E-state index contributed by atoms with van der Waals surface area (Å²) in [6.07, 6.45) is 0.959. The second kappa shape index (κ2) is 6.37. The molecule has 2 N–H and O–H groups in total. The van der Waals surface area contributed by atoms with Gasteiger partial charge in [-0.1, -0.05) is 37.0 Å². The topological polar surface area (TPSA) is 92.2 Å². The van der Waals surface area contributed by atoms with Crippen LogP contribution in [-0.2, 0) is 9.59 Å². The summed E-state index contributed by atoms with van der Waals surface area (Å²) in [7, 11) is 0. The van der Waals surface area contributed by atoms with E-state index in [-0.39, 0.29) is 28.3 Å². The molecular formula is C12H15Cl2N3O3. The maximum absolute atomic E-state index is 12.0. The highest BCUT2D eigenvalue weighted by Gasteiger charge is 2.39. The Balaban J connectivity index is 2.87. The number of nitrogens with one attached hydrogen (secondary N) is 1. The van der Waals surface area contributed by atoms with E-state index in [9.17, 15) is 14.7 Å². The van der Waals surface area contributed by atoms with Gasteiger partial charge in [-0.15, -0.1) is 0 Å². The average molecular weight is 320 g/mol. The molecule has 1 atom stereocenters. The van der Waals surface area contributed by atoms with Crippen LogP contribution in [0.3, 0.4) is 0 Å². The lowest BCUT2D eigenvalue weighted by Crippen LogP contribution is -2.37. The van der Waals surface area contributed by atoms with Crippen molar-refractivity contribution in [1.82, 2.24) is 9.97 Å². The second-order valence-electron chi connectivity index (χ2n) is 4.93. The van der Waals surface area contributed by atoms with Crippen molar-refractivity contribution < 1.29 is 14.7 Å². The molecule has 0 bridgehead atoms. The maximum Gasteiger partial charge on any atom is 0.310 e. The van der Waals surface area contributed by atoms with Gasteiger partial charge in [0.05, 0.1) is 5.41 Å². The van der Waals surface area contributed by atoms with E-state index in [4.69, 9.17) is 23.2 Å². The number of carbonyl (C=O) groups is 2. The second-order valence-corrected chi connectivity index (χ2v) is 5.67. The Morgan fingerprint density at radius 3 is 2.50 bits per heavy atom. The molecule has 1 aromatic heterocycles. The van der Waals surface area contributed by atoms with E-state index in [1.807, 2.05) is 0 Å². The molecule has 1 aromatic rings. The van der Waals surface area contributed by atoms with Gasteiger partial charge in [0, 0.05) is 6.42 Å². The number of amides is 1. The Bertz CT molecular complexity index is 537. The van der Waals surface area contributed by atoms with Crippen LogP contribution in [0, 0.1) is 11.3 Å². The van der Waals surface area contributed by atoms with Gasteiger partial charge in [0.25, 0.3) is 0 Å². The summed E-state index contributed by atoms with van der Waals surface area (Å²) in [5.41, 5.74) is -1.17. The number of aromatic nitrogens is 2. The van der Waals surface area contributed by atoms with Gasteiger partial charge in [-0.25, -0.2) is 9.97 Å². The maximum atomic E-state index is 12.0. The molecule has 6 nitrogen and oxygen atoms in total. The first kappa shape index (κ1) is 16.7. The first-order valence-electron chi connectivity index (χ1n) is 5.87. The lowest BCUT2D eigenvalue weighted by molar-refractivity contribution is -0.153. The largest absolute Gasteiger partial charge is 0.481 e. The fourth-order valence-corrected chi connectivity index (χ4v) is 1.75. The summed E-state index contributed by atoms with van der Waals surface area (Å²) in [4.78, 5) is 30.7. The van der Waals surface area contributed by atoms with Crippen molar-refractivity contribution >= 4 is 40.9 Å². The summed E-state index contributed by atoms with van der Waals surface area (Å²) < 4.78 is 0. The van der Waals surface area contributed by atoms with Crippen LogP contribution in [-0.4, -0.2) is 27.0 Å². The van der Waals surface area contributed by atoms with Gasteiger partial charge in [-0.05, 0) is 12.8 Å². The number of aliphatic carboxylic acids is 1. The van der Waals surface area contributed by atoms with Crippen molar-refractivity contribution in [2.45, 2.75) is 27.2 Å². The van der Waals surface area contributed by atoms with Crippen molar-refractivity contribution in [1.29, 1.82) is 0 Å². The molecule has 110 valence electrons. The molecule has 0 saturated carbocycles. The number of carboxylic acid groups (broad SMARTS) is 1. The highest BCUT2D eigenvalue weighted by molar-refractivity contribution is 6.42. The van der Waals surface area contributed by atoms with Crippen LogP contribution in [0.1, 0.15) is 27.2 Å². The molecule has 20 heavy (non-hydrogen) atoms. The molecule has 0 spiro atoms. The molecule has 0 radical (unpaired) electrons. The van der Waals surface area contributed by atoms with Crippen LogP contribution in [0.5, 0.6) is 0 Å². The molecule has 0 saturated heterocycles. The van der Waals surface area contributed by atoms with E-state index < -0.39 is 17.3 Å². The van der Waals surface area contributed by atoms with Crippen LogP contribution in [0.2, 0.25) is 10.2 Å². The molecule has 0 aliphatic carbocycles. The Morgan fingerprint density at radius 2 is 2.00 bits per heavy atom. The number of hydrogen-bond acceptors (Lipinski definition) is 4. The van der Waals surface area contributed by atoms with Crippen molar-refractivity contribution in [3.63, 3.8) is 0 Å². The van der Waals surface area contributed by atoms with Crippen molar-refractivity contribution in [2.24, 2.45) is 11.3 Å². The van der Waals surface area contributed by atoms with E-state index in [2.05, 4.69) is 15.3 Å². The molecule has 0 fully saturated rings. The quantitative estimate of drug-likeness (QED) is 0.814. The van der Waals surface area contributed by atoms with Gasteiger partial charge in [-0.2, -0.15) is 0 Å². The Morgan fingerprint density at radius 1 is 1.40 bits per heavy atom. The van der Waals surface area contributed by atoms with Crippen LogP contribution in [0.15, 0.2) is 6.33 Å². The van der Waals surface area contributed by atoms with Crippen molar-refractivity contribution in [3.8, 4) is 0 Å². The summed E-state index contributed by atoms with van der Waals surface area (Å²) in [5.74, 6) is -1.68. The Kier molecular flexibility index (Phi) is 5.30. The molecule has 1 unspecified atom stereocenters. The Labute approximate surface area is 126 Å². The number of nitrogens with zero attached hydrogens (tertiary/aromatic N) is 2. The van der Waals surface area contributed by atoms with Gasteiger partial charge in [0.1, 0.15) is 11.3 Å². The van der Waals surface area contributed by atoms with Crippen LogP contribution < -0.4 is 5.32 Å². The number of halogens is 2. The number of carboxylic acids is 1. The lowest BCUT2D eigenvalue weighted by Gasteiger charge is -2.28. The molecule has 8 heteroatoms. The van der Waals surface area contributed by atoms with Crippen LogP contribution in [0.4, 0.5) is 5.82 Å². The van der Waals surface area contributed by atoms with E-state index in [1.54, 1.807) is 13.8 Å². The molecule has 0 aromatic carbocycles. The van der Waals surface area contributed by atoms with Crippen LogP contribution >= 0.6 is 23.2 Å². The predicted octanol–water partition coefficient (Wildman–Crippen LogP) is 2.86. The number of carbonyl (C=O) groups excluding carboxylic acids is 1. The number of anilines is 1. The summed E-state index contributed by atoms with van der Waals surface area (Å²) in [6.45, 7) is 5.01. The van der Waals surface area contributed by atoms with E-state index in [1.165, 1.54) is 6.92 Å². The summed E-state index contributed by atoms with van der Waals surface area (Å²) in [5, 5.41) is 11.7. The average Bonchev–Trinajstić information content (AvgIpc) is 2.34. The Hall–Kier alpha value is -1.40. The highest BCUT2D eigenvalue weighted by atomic mass is 35.5. The minimum absolute atomic E-state index is 0.0156. The van der Waals surface area contributed by atoms with Gasteiger partial charge >= 0.3 is 5.97 Å². The SMILES string of the molecule is CC(C)C(C)(CC(=O)Nc1ncnc(Cl)c1Cl)C(=O)O. The van der Waals surface area contributed by atoms with E-state index in [0.29, 0.717) is 0 Å². The third kappa shape index (κ3) is 3.58. The molecule has 1 rings (SSSR count). The van der Waals surface area contributed by atoms with Crippen molar-refractivity contribution in [2.75, 3.05) is 5.32 Å². The first-order chi connectivity index (χ1) is 9.18. The van der Waals surface area contributed by atoms with Gasteiger partial charge in [0.2, 0.25) is 5.91 Å². The zero-order valence-electron chi connectivity index (χ0n) is 11.3. The van der Waals surface area contributed by atoms with E-state index in [0.717, 1.165) is 6.33 Å². The summed E-state index contributed by atoms with van der Waals surface area (Å²) in [6, 6.07) is 0. The number of rotatable bonds is 5. The summed E-state index contributed by atoms with van der Waals surface area (Å²) >= 11 is 11.5. The molecular weight excluding hydrogens is 305 g/mol. The van der Waals surface area contributed by atoms with Gasteiger partial charge in [0.15, 0.2) is 11.0 Å². The molecule has 1 heterocycles. The fraction of sp³-hybridized carbons (Fsp3) is 0.500. The van der Waals surface area contributed by atoms with Crippen molar-refractivity contribution in [3.05, 3.63) is 16.5 Å². The first-order valence-corrected chi connectivity index (χ1v) is 6.63. The smallest absolute Gasteiger partial charge is 0.310 e.